The second-order valence-corrected chi connectivity index (χ2v) is 11.3. The number of halogens is 1. The van der Waals surface area contributed by atoms with E-state index in [2.05, 4.69) is 50.0 Å². The number of nitrogens with zero attached hydrogens (tertiary/aromatic N) is 4. The quantitative estimate of drug-likeness (QED) is 0.557. The number of benzene rings is 2. The second-order valence-electron chi connectivity index (χ2n) is 8.92. The van der Waals surface area contributed by atoms with E-state index in [9.17, 15) is 8.42 Å². The van der Waals surface area contributed by atoms with Gasteiger partial charge in [-0.2, -0.15) is 4.31 Å². The molecule has 6 nitrogen and oxygen atoms in total. The first-order valence-electron chi connectivity index (χ1n) is 10.6. The molecule has 0 aliphatic carbocycles. The van der Waals surface area contributed by atoms with E-state index in [0.29, 0.717) is 37.1 Å². The molecule has 168 valence electrons. The van der Waals surface area contributed by atoms with E-state index in [4.69, 9.17) is 16.6 Å². The summed E-state index contributed by atoms with van der Waals surface area (Å²) in [7, 11) is -3.58. The van der Waals surface area contributed by atoms with E-state index in [-0.39, 0.29) is 10.3 Å². The Hall–Kier alpha value is -2.48. The molecule has 1 fully saturated rings. The highest BCUT2D eigenvalue weighted by Crippen LogP contribution is 2.26. The predicted molar refractivity (Wildman–Crippen MR) is 129 cm³/mol. The van der Waals surface area contributed by atoms with Gasteiger partial charge < -0.3 is 4.90 Å². The molecule has 0 radical (unpaired) electrons. The number of aromatic nitrogens is 2. The van der Waals surface area contributed by atoms with Gasteiger partial charge in [0.1, 0.15) is 0 Å². The molecule has 4 rings (SSSR count). The second kappa shape index (κ2) is 8.81. The fourth-order valence-corrected chi connectivity index (χ4v) is 5.43. The Labute approximate surface area is 194 Å². The van der Waals surface area contributed by atoms with Gasteiger partial charge in [0.2, 0.25) is 16.0 Å². The summed E-state index contributed by atoms with van der Waals surface area (Å²) >= 11 is 5.98. The molecule has 3 aromatic rings. The highest BCUT2D eigenvalue weighted by Gasteiger charge is 2.29. The number of anilines is 1. The van der Waals surface area contributed by atoms with E-state index >= 15 is 0 Å². The van der Waals surface area contributed by atoms with Crippen LogP contribution in [0.25, 0.3) is 11.3 Å². The summed E-state index contributed by atoms with van der Waals surface area (Å²) in [5.74, 6) is 0.613. The topological polar surface area (TPSA) is 66.4 Å². The van der Waals surface area contributed by atoms with Crippen molar-refractivity contribution in [2.75, 3.05) is 31.1 Å². The molecule has 0 unspecified atom stereocenters. The first-order chi connectivity index (χ1) is 15.1. The molecule has 0 saturated carbocycles. The third-order valence-electron chi connectivity index (χ3n) is 5.64. The van der Waals surface area contributed by atoms with Crippen molar-refractivity contribution in [2.45, 2.75) is 31.1 Å². The molecule has 0 bridgehead atoms. The average molecular weight is 471 g/mol. The van der Waals surface area contributed by atoms with Crippen LogP contribution >= 0.6 is 11.6 Å². The zero-order valence-electron chi connectivity index (χ0n) is 18.5. The van der Waals surface area contributed by atoms with Crippen molar-refractivity contribution >= 4 is 27.6 Å². The van der Waals surface area contributed by atoms with Gasteiger partial charge in [-0.3, -0.25) is 0 Å². The van der Waals surface area contributed by atoms with Crippen LogP contribution in [-0.2, 0) is 15.4 Å². The lowest BCUT2D eigenvalue weighted by Crippen LogP contribution is -2.49. The Morgan fingerprint density at radius 3 is 2.25 bits per heavy atom. The third kappa shape index (κ3) is 4.80. The largest absolute Gasteiger partial charge is 0.338 e. The lowest BCUT2D eigenvalue weighted by molar-refractivity contribution is 0.382. The SMILES string of the molecule is CC(C)(C)c1ccc(-c2ccnc(N3CCN(S(=O)(=O)c4cccc(Cl)c4)CC3)n2)cc1. The lowest BCUT2D eigenvalue weighted by atomic mass is 9.86. The van der Waals surface area contributed by atoms with Crippen molar-refractivity contribution in [3.05, 3.63) is 71.4 Å². The van der Waals surface area contributed by atoms with Crippen LogP contribution in [-0.4, -0.2) is 48.9 Å². The van der Waals surface area contributed by atoms with Gasteiger partial charge in [0, 0.05) is 43.0 Å². The van der Waals surface area contributed by atoms with Crippen LogP contribution < -0.4 is 4.90 Å². The summed E-state index contributed by atoms with van der Waals surface area (Å²) in [5.41, 5.74) is 3.25. The van der Waals surface area contributed by atoms with Crippen LogP contribution in [0.5, 0.6) is 0 Å². The third-order valence-corrected chi connectivity index (χ3v) is 7.77. The average Bonchev–Trinajstić information content (AvgIpc) is 2.79. The maximum absolute atomic E-state index is 12.9. The molecule has 0 N–H and O–H groups in total. The Bertz CT molecular complexity index is 1200. The van der Waals surface area contributed by atoms with Crippen molar-refractivity contribution in [2.24, 2.45) is 0 Å². The molecule has 0 amide bonds. The number of rotatable bonds is 4. The molecule has 2 aromatic carbocycles. The molecular formula is C24H27ClN4O2S. The fourth-order valence-electron chi connectivity index (χ4n) is 3.71. The molecular weight excluding hydrogens is 444 g/mol. The summed E-state index contributed by atoms with van der Waals surface area (Å²) in [6.45, 7) is 8.34. The van der Waals surface area contributed by atoms with Crippen molar-refractivity contribution in [3.8, 4) is 11.3 Å². The van der Waals surface area contributed by atoms with E-state index in [1.807, 2.05) is 11.0 Å². The minimum absolute atomic E-state index is 0.0977. The molecule has 1 aliphatic heterocycles. The summed E-state index contributed by atoms with van der Waals surface area (Å²) in [4.78, 5) is 11.4. The monoisotopic (exact) mass is 470 g/mol. The van der Waals surface area contributed by atoms with Gasteiger partial charge in [0.15, 0.2) is 0 Å². The number of hydrogen-bond acceptors (Lipinski definition) is 5. The van der Waals surface area contributed by atoms with Crippen molar-refractivity contribution in [1.29, 1.82) is 0 Å². The molecule has 1 aromatic heterocycles. The normalized spacial score (nSPS) is 15.7. The maximum atomic E-state index is 12.9. The minimum Gasteiger partial charge on any atom is -0.338 e. The minimum atomic E-state index is -3.58. The van der Waals surface area contributed by atoms with Crippen molar-refractivity contribution in [1.82, 2.24) is 14.3 Å². The molecule has 1 aliphatic rings. The van der Waals surface area contributed by atoms with Crippen LogP contribution in [0.3, 0.4) is 0 Å². The van der Waals surface area contributed by atoms with E-state index < -0.39 is 10.0 Å². The number of hydrogen-bond donors (Lipinski definition) is 0. The number of piperazine rings is 1. The van der Waals surface area contributed by atoms with Gasteiger partial charge in [0.05, 0.1) is 10.6 Å². The zero-order chi connectivity index (χ0) is 22.9. The Morgan fingerprint density at radius 1 is 0.938 bits per heavy atom. The van der Waals surface area contributed by atoms with E-state index in [1.165, 1.54) is 15.9 Å². The molecule has 1 saturated heterocycles. The van der Waals surface area contributed by atoms with Crippen LogP contribution in [0.15, 0.2) is 65.7 Å². The van der Waals surface area contributed by atoms with Crippen molar-refractivity contribution < 1.29 is 8.42 Å². The van der Waals surface area contributed by atoms with E-state index in [1.54, 1.807) is 24.4 Å². The van der Waals surface area contributed by atoms with Gasteiger partial charge in [0.25, 0.3) is 0 Å². The first kappa shape index (κ1) is 22.7. The van der Waals surface area contributed by atoms with Crippen molar-refractivity contribution in [3.63, 3.8) is 0 Å². The molecule has 0 spiro atoms. The van der Waals surface area contributed by atoms with Gasteiger partial charge in [-0.25, -0.2) is 18.4 Å². The zero-order valence-corrected chi connectivity index (χ0v) is 20.1. The smallest absolute Gasteiger partial charge is 0.243 e. The summed E-state index contributed by atoms with van der Waals surface area (Å²) < 4.78 is 27.4. The first-order valence-corrected chi connectivity index (χ1v) is 12.4. The Kier molecular flexibility index (Phi) is 6.25. The maximum Gasteiger partial charge on any atom is 0.243 e. The van der Waals surface area contributed by atoms with Crippen LogP contribution in [0, 0.1) is 0 Å². The molecule has 0 atom stereocenters. The standard InChI is InChI=1S/C24H27ClN4O2S/c1-24(2,3)19-9-7-18(8-10-19)22-11-12-26-23(27-22)28-13-15-29(16-14-28)32(30,31)21-6-4-5-20(25)17-21/h4-12,17H,13-16H2,1-3H3. The fraction of sp³-hybridized carbons (Fsp3) is 0.333. The number of sulfonamides is 1. The van der Waals surface area contributed by atoms with Crippen LogP contribution in [0.4, 0.5) is 5.95 Å². The molecule has 2 heterocycles. The summed E-state index contributed by atoms with van der Waals surface area (Å²) in [6.07, 6.45) is 1.75. The Morgan fingerprint density at radius 2 is 1.62 bits per heavy atom. The van der Waals surface area contributed by atoms with Crippen LogP contribution in [0.1, 0.15) is 26.3 Å². The van der Waals surface area contributed by atoms with Gasteiger partial charge in [-0.1, -0.05) is 62.7 Å². The summed E-state index contributed by atoms with van der Waals surface area (Å²) in [6, 6.07) is 16.7. The van der Waals surface area contributed by atoms with Gasteiger partial charge >= 0.3 is 0 Å². The highest BCUT2D eigenvalue weighted by atomic mass is 35.5. The highest BCUT2D eigenvalue weighted by molar-refractivity contribution is 7.89. The van der Waals surface area contributed by atoms with Crippen LogP contribution in [0.2, 0.25) is 5.02 Å². The van der Waals surface area contributed by atoms with Gasteiger partial charge in [-0.15, -0.1) is 0 Å². The molecule has 32 heavy (non-hydrogen) atoms. The van der Waals surface area contributed by atoms with E-state index in [0.717, 1.165) is 11.3 Å². The Balaban J connectivity index is 1.48. The molecule has 8 heteroatoms. The summed E-state index contributed by atoms with van der Waals surface area (Å²) in [5, 5.41) is 0.408. The predicted octanol–water partition coefficient (Wildman–Crippen LogP) is 4.61. The lowest BCUT2D eigenvalue weighted by Gasteiger charge is -2.34. The van der Waals surface area contributed by atoms with Gasteiger partial charge in [-0.05, 0) is 35.2 Å².